The van der Waals surface area contributed by atoms with Crippen LogP contribution in [0.25, 0.3) is 10.2 Å². The number of nitrogens with zero attached hydrogens (tertiary/aromatic N) is 3. The van der Waals surface area contributed by atoms with E-state index in [-0.39, 0.29) is 5.91 Å². The molecule has 0 atom stereocenters. The van der Waals surface area contributed by atoms with Gasteiger partial charge in [0.15, 0.2) is 5.13 Å². The zero-order valence-corrected chi connectivity index (χ0v) is 14.2. The number of anilines is 1. The molecule has 2 heterocycles. The summed E-state index contributed by atoms with van der Waals surface area (Å²) in [7, 11) is 0. The van der Waals surface area contributed by atoms with Gasteiger partial charge in [0, 0.05) is 11.4 Å². The molecule has 0 radical (unpaired) electrons. The molecule has 1 amide bonds. The largest absolute Gasteiger partial charge is 0.296 e. The SMILES string of the molecule is CCn1nc(C)cc1C(=O)Nc1nc2ccc(SC)cc2s1. The predicted molar refractivity (Wildman–Crippen MR) is 92.0 cm³/mol. The van der Waals surface area contributed by atoms with Gasteiger partial charge in [0.2, 0.25) is 0 Å². The van der Waals surface area contributed by atoms with Crippen molar-refractivity contribution in [3.63, 3.8) is 0 Å². The molecule has 3 aromatic rings. The number of aromatic nitrogens is 3. The van der Waals surface area contributed by atoms with Crippen LogP contribution in [0.5, 0.6) is 0 Å². The summed E-state index contributed by atoms with van der Waals surface area (Å²) < 4.78 is 2.77. The summed E-state index contributed by atoms with van der Waals surface area (Å²) >= 11 is 3.18. The van der Waals surface area contributed by atoms with Crippen LogP contribution < -0.4 is 5.32 Å². The Morgan fingerprint density at radius 2 is 2.23 bits per heavy atom. The van der Waals surface area contributed by atoms with Crippen LogP contribution in [0.3, 0.4) is 0 Å². The van der Waals surface area contributed by atoms with Gasteiger partial charge in [-0.05, 0) is 44.4 Å². The second-order valence-electron chi connectivity index (χ2n) is 4.79. The van der Waals surface area contributed by atoms with Gasteiger partial charge in [-0.2, -0.15) is 5.10 Å². The summed E-state index contributed by atoms with van der Waals surface area (Å²) in [6.07, 6.45) is 2.04. The first-order chi connectivity index (χ1) is 10.6. The van der Waals surface area contributed by atoms with Crippen molar-refractivity contribution in [2.24, 2.45) is 0 Å². The van der Waals surface area contributed by atoms with E-state index in [1.807, 2.05) is 32.2 Å². The van der Waals surface area contributed by atoms with E-state index in [2.05, 4.69) is 21.5 Å². The summed E-state index contributed by atoms with van der Waals surface area (Å²) in [5.41, 5.74) is 2.29. The lowest BCUT2D eigenvalue weighted by molar-refractivity contribution is 0.101. The van der Waals surface area contributed by atoms with Crippen LogP contribution in [0.1, 0.15) is 23.1 Å². The van der Waals surface area contributed by atoms with Crippen LogP contribution in [-0.4, -0.2) is 26.9 Å². The quantitative estimate of drug-likeness (QED) is 0.738. The highest BCUT2D eigenvalue weighted by Gasteiger charge is 2.15. The van der Waals surface area contributed by atoms with Gasteiger partial charge in [-0.25, -0.2) is 4.98 Å². The highest BCUT2D eigenvalue weighted by atomic mass is 32.2. The van der Waals surface area contributed by atoms with Crippen molar-refractivity contribution in [1.29, 1.82) is 0 Å². The number of rotatable bonds is 4. The maximum atomic E-state index is 12.4. The van der Waals surface area contributed by atoms with Crippen molar-refractivity contribution in [2.75, 3.05) is 11.6 Å². The molecule has 1 N–H and O–H groups in total. The van der Waals surface area contributed by atoms with Crippen LogP contribution in [0, 0.1) is 6.92 Å². The zero-order chi connectivity index (χ0) is 15.7. The molecular formula is C15H16N4OS2. The first-order valence-corrected chi connectivity index (χ1v) is 8.95. The van der Waals surface area contributed by atoms with Gasteiger partial charge in [-0.3, -0.25) is 14.8 Å². The molecule has 7 heteroatoms. The molecule has 3 rings (SSSR count). The minimum absolute atomic E-state index is 0.174. The number of carbonyl (C=O) groups excluding carboxylic acids is 1. The summed E-state index contributed by atoms with van der Waals surface area (Å²) in [6, 6.07) is 7.90. The van der Waals surface area contributed by atoms with Crippen molar-refractivity contribution in [2.45, 2.75) is 25.3 Å². The van der Waals surface area contributed by atoms with E-state index in [9.17, 15) is 4.79 Å². The number of benzene rings is 1. The number of hydrogen-bond acceptors (Lipinski definition) is 5. The third-order valence-electron chi connectivity index (χ3n) is 3.25. The van der Waals surface area contributed by atoms with E-state index in [0.717, 1.165) is 15.9 Å². The number of aryl methyl sites for hydroxylation is 2. The highest BCUT2D eigenvalue weighted by molar-refractivity contribution is 7.98. The van der Waals surface area contributed by atoms with E-state index in [1.54, 1.807) is 22.5 Å². The normalized spacial score (nSPS) is 11.0. The maximum Gasteiger partial charge on any atom is 0.275 e. The molecule has 114 valence electrons. The Labute approximate surface area is 136 Å². The summed E-state index contributed by atoms with van der Waals surface area (Å²) in [6.45, 7) is 4.50. The molecule has 0 bridgehead atoms. The Hall–Kier alpha value is -1.86. The summed E-state index contributed by atoms with van der Waals surface area (Å²) in [5.74, 6) is -0.174. The Balaban J connectivity index is 1.87. The molecule has 0 saturated heterocycles. The highest BCUT2D eigenvalue weighted by Crippen LogP contribution is 2.29. The molecular weight excluding hydrogens is 316 g/mol. The zero-order valence-electron chi connectivity index (χ0n) is 12.6. The Kier molecular flexibility index (Phi) is 4.17. The molecule has 0 saturated carbocycles. The average Bonchev–Trinajstić information content (AvgIpc) is 3.08. The third-order valence-corrected chi connectivity index (χ3v) is 4.91. The van der Waals surface area contributed by atoms with Gasteiger partial charge in [0.25, 0.3) is 5.91 Å². The lowest BCUT2D eigenvalue weighted by atomic mass is 10.3. The topological polar surface area (TPSA) is 59.8 Å². The van der Waals surface area contributed by atoms with Crippen molar-refractivity contribution in [3.8, 4) is 0 Å². The Morgan fingerprint density at radius 3 is 2.95 bits per heavy atom. The van der Waals surface area contributed by atoms with Crippen molar-refractivity contribution >= 4 is 44.4 Å². The lowest BCUT2D eigenvalue weighted by Crippen LogP contribution is -2.17. The van der Waals surface area contributed by atoms with E-state index in [1.165, 1.54) is 16.2 Å². The first kappa shape index (κ1) is 15.1. The Morgan fingerprint density at radius 1 is 1.41 bits per heavy atom. The number of fused-ring (bicyclic) bond motifs is 1. The fourth-order valence-electron chi connectivity index (χ4n) is 2.22. The van der Waals surface area contributed by atoms with E-state index < -0.39 is 0 Å². The molecule has 0 aliphatic carbocycles. The molecule has 2 aromatic heterocycles. The van der Waals surface area contributed by atoms with Gasteiger partial charge in [0.05, 0.1) is 15.9 Å². The number of carbonyl (C=O) groups is 1. The van der Waals surface area contributed by atoms with Crippen molar-refractivity contribution in [1.82, 2.24) is 14.8 Å². The standard InChI is InChI=1S/C15H16N4OS2/c1-4-19-12(7-9(2)18-19)14(20)17-15-16-11-6-5-10(21-3)8-13(11)22-15/h5-8H,4H2,1-3H3,(H,16,17,20). The second kappa shape index (κ2) is 6.10. The maximum absolute atomic E-state index is 12.4. The van der Waals surface area contributed by atoms with Crippen LogP contribution in [0.4, 0.5) is 5.13 Å². The average molecular weight is 332 g/mol. The Bertz CT molecular complexity index is 837. The first-order valence-electron chi connectivity index (χ1n) is 6.91. The number of thioether (sulfide) groups is 1. The summed E-state index contributed by atoms with van der Waals surface area (Å²) in [4.78, 5) is 18.0. The molecule has 0 spiro atoms. The molecule has 0 aliphatic rings. The van der Waals surface area contributed by atoms with Crippen LogP contribution in [0.15, 0.2) is 29.2 Å². The molecule has 22 heavy (non-hydrogen) atoms. The molecule has 0 fully saturated rings. The number of hydrogen-bond donors (Lipinski definition) is 1. The van der Waals surface area contributed by atoms with Crippen molar-refractivity contribution < 1.29 is 4.79 Å². The molecule has 1 aromatic carbocycles. The summed E-state index contributed by atoms with van der Waals surface area (Å²) in [5, 5.41) is 7.78. The lowest BCUT2D eigenvalue weighted by Gasteiger charge is -2.03. The molecule has 5 nitrogen and oxygen atoms in total. The van der Waals surface area contributed by atoms with E-state index in [4.69, 9.17) is 0 Å². The van der Waals surface area contributed by atoms with E-state index >= 15 is 0 Å². The van der Waals surface area contributed by atoms with Gasteiger partial charge in [-0.15, -0.1) is 11.8 Å². The smallest absolute Gasteiger partial charge is 0.275 e. The number of amides is 1. The molecule has 0 aliphatic heterocycles. The number of thiazole rings is 1. The van der Waals surface area contributed by atoms with Gasteiger partial charge in [-0.1, -0.05) is 11.3 Å². The van der Waals surface area contributed by atoms with Crippen LogP contribution in [-0.2, 0) is 6.54 Å². The fraction of sp³-hybridized carbons (Fsp3) is 0.267. The van der Waals surface area contributed by atoms with Gasteiger partial charge >= 0.3 is 0 Å². The number of nitrogens with one attached hydrogen (secondary N) is 1. The predicted octanol–water partition coefficient (Wildman–Crippen LogP) is 3.80. The monoisotopic (exact) mass is 332 g/mol. The molecule has 0 unspecified atom stereocenters. The van der Waals surface area contributed by atoms with Crippen LogP contribution >= 0.6 is 23.1 Å². The van der Waals surface area contributed by atoms with Crippen molar-refractivity contribution in [3.05, 3.63) is 35.7 Å². The minimum Gasteiger partial charge on any atom is -0.296 e. The second-order valence-corrected chi connectivity index (χ2v) is 6.70. The minimum atomic E-state index is -0.174. The fourth-order valence-corrected chi connectivity index (χ4v) is 3.63. The van der Waals surface area contributed by atoms with Crippen LogP contribution in [0.2, 0.25) is 0 Å². The van der Waals surface area contributed by atoms with Gasteiger partial charge < -0.3 is 0 Å². The van der Waals surface area contributed by atoms with Gasteiger partial charge in [0.1, 0.15) is 5.69 Å². The van der Waals surface area contributed by atoms with E-state index in [0.29, 0.717) is 17.4 Å². The third kappa shape index (κ3) is 2.86.